The van der Waals surface area contributed by atoms with Crippen molar-refractivity contribution in [2.75, 3.05) is 10.6 Å². The molecule has 0 aromatic heterocycles. The second-order valence-electron chi connectivity index (χ2n) is 7.29. The van der Waals surface area contributed by atoms with Crippen LogP contribution in [0.15, 0.2) is 84.9 Å². The van der Waals surface area contributed by atoms with Crippen LogP contribution < -0.4 is 15.4 Å². The molecule has 0 aliphatic rings. The molecule has 5 heteroatoms. The molecule has 0 aliphatic heterocycles. The van der Waals surface area contributed by atoms with E-state index in [1.807, 2.05) is 66.7 Å². The van der Waals surface area contributed by atoms with Crippen molar-refractivity contribution < 1.29 is 9.53 Å². The molecule has 2 N–H and O–H groups in total. The average molecular weight is 431 g/mol. The van der Waals surface area contributed by atoms with E-state index in [0.29, 0.717) is 18.2 Å². The smallest absolute Gasteiger partial charge is 0.221 e. The van der Waals surface area contributed by atoms with Crippen LogP contribution in [0.25, 0.3) is 10.8 Å². The van der Waals surface area contributed by atoms with Crippen LogP contribution in [-0.2, 0) is 17.9 Å². The van der Waals surface area contributed by atoms with Crippen LogP contribution >= 0.6 is 11.6 Å². The van der Waals surface area contributed by atoms with E-state index in [0.717, 1.165) is 33.6 Å². The van der Waals surface area contributed by atoms with Gasteiger partial charge in [-0.3, -0.25) is 4.79 Å². The highest BCUT2D eigenvalue weighted by molar-refractivity contribution is 6.30. The lowest BCUT2D eigenvalue weighted by Gasteiger charge is -2.16. The molecule has 31 heavy (non-hydrogen) atoms. The van der Waals surface area contributed by atoms with E-state index in [1.165, 1.54) is 12.3 Å². The van der Waals surface area contributed by atoms with E-state index in [1.54, 1.807) is 0 Å². The van der Waals surface area contributed by atoms with Gasteiger partial charge in [-0.2, -0.15) is 0 Å². The molecule has 0 fully saturated rings. The number of rotatable bonds is 7. The van der Waals surface area contributed by atoms with Gasteiger partial charge >= 0.3 is 0 Å². The van der Waals surface area contributed by atoms with Gasteiger partial charge in [0.25, 0.3) is 0 Å². The lowest BCUT2D eigenvalue weighted by atomic mass is 10.0. The van der Waals surface area contributed by atoms with Crippen molar-refractivity contribution in [1.29, 1.82) is 0 Å². The van der Waals surface area contributed by atoms with Gasteiger partial charge in [-0.1, -0.05) is 54.1 Å². The number of hydrogen-bond acceptors (Lipinski definition) is 3. The quantitative estimate of drug-likeness (QED) is 0.345. The van der Waals surface area contributed by atoms with Gasteiger partial charge in [-0.05, 0) is 58.8 Å². The zero-order chi connectivity index (χ0) is 21.6. The van der Waals surface area contributed by atoms with Crippen LogP contribution in [0.2, 0.25) is 5.02 Å². The third kappa shape index (κ3) is 5.36. The highest BCUT2D eigenvalue weighted by Crippen LogP contribution is 2.30. The maximum absolute atomic E-state index is 11.2. The first-order chi connectivity index (χ1) is 15.1. The maximum atomic E-state index is 11.2. The molecule has 4 nitrogen and oxygen atoms in total. The monoisotopic (exact) mass is 430 g/mol. The number of halogens is 1. The molecule has 0 spiro atoms. The fourth-order valence-corrected chi connectivity index (χ4v) is 3.57. The Hall–Kier alpha value is -3.50. The minimum atomic E-state index is -0.0843. The van der Waals surface area contributed by atoms with Crippen molar-refractivity contribution in [3.05, 3.63) is 101 Å². The Morgan fingerprint density at radius 1 is 0.871 bits per heavy atom. The number of fused-ring (bicyclic) bond motifs is 1. The molecule has 4 aromatic carbocycles. The van der Waals surface area contributed by atoms with Gasteiger partial charge in [0, 0.05) is 35.4 Å². The van der Waals surface area contributed by atoms with Crippen molar-refractivity contribution in [2.24, 2.45) is 0 Å². The Kier molecular flexibility index (Phi) is 6.39. The number of nitrogens with one attached hydrogen (secondary N) is 2. The number of amides is 1. The van der Waals surface area contributed by atoms with Crippen molar-refractivity contribution in [3.63, 3.8) is 0 Å². The predicted octanol–water partition coefficient (Wildman–Crippen LogP) is 6.64. The average Bonchev–Trinajstić information content (AvgIpc) is 2.78. The van der Waals surface area contributed by atoms with Crippen LogP contribution in [0.1, 0.15) is 18.1 Å². The molecular formula is C26H23ClN2O2. The molecule has 4 rings (SSSR count). The molecule has 0 heterocycles. The topological polar surface area (TPSA) is 50.4 Å². The van der Waals surface area contributed by atoms with Crippen LogP contribution in [-0.4, -0.2) is 5.91 Å². The van der Waals surface area contributed by atoms with Gasteiger partial charge in [0.2, 0.25) is 5.91 Å². The Bertz CT molecular complexity index is 1190. The van der Waals surface area contributed by atoms with Crippen molar-refractivity contribution in [2.45, 2.75) is 20.1 Å². The van der Waals surface area contributed by atoms with Crippen molar-refractivity contribution >= 4 is 39.7 Å². The summed E-state index contributed by atoms with van der Waals surface area (Å²) in [5.41, 5.74) is 3.89. The summed E-state index contributed by atoms with van der Waals surface area (Å²) in [4.78, 5) is 11.2. The maximum Gasteiger partial charge on any atom is 0.221 e. The first kappa shape index (κ1) is 20.8. The number of benzene rings is 4. The fraction of sp³-hybridized carbons (Fsp3) is 0.115. The third-order valence-electron chi connectivity index (χ3n) is 4.98. The van der Waals surface area contributed by atoms with Crippen LogP contribution in [0.5, 0.6) is 5.75 Å². The first-order valence-corrected chi connectivity index (χ1v) is 10.5. The minimum Gasteiger partial charge on any atom is -0.489 e. The largest absolute Gasteiger partial charge is 0.489 e. The van der Waals surface area contributed by atoms with Crippen molar-refractivity contribution in [3.8, 4) is 5.75 Å². The van der Waals surface area contributed by atoms with E-state index < -0.39 is 0 Å². The van der Waals surface area contributed by atoms with E-state index in [9.17, 15) is 4.79 Å². The zero-order valence-corrected chi connectivity index (χ0v) is 17.9. The molecule has 156 valence electrons. The molecule has 0 radical (unpaired) electrons. The molecule has 4 aromatic rings. The van der Waals surface area contributed by atoms with Gasteiger partial charge < -0.3 is 15.4 Å². The van der Waals surface area contributed by atoms with Gasteiger partial charge in [-0.15, -0.1) is 0 Å². The SMILES string of the molecule is CC(=O)Nc1ccc(NCc2c(OCc3ccc(Cl)cc3)ccc3ccccc23)cc1. The Morgan fingerprint density at radius 2 is 1.58 bits per heavy atom. The zero-order valence-electron chi connectivity index (χ0n) is 17.2. The van der Waals surface area contributed by atoms with E-state index in [-0.39, 0.29) is 5.91 Å². The lowest BCUT2D eigenvalue weighted by molar-refractivity contribution is -0.114. The van der Waals surface area contributed by atoms with Crippen molar-refractivity contribution in [1.82, 2.24) is 0 Å². The molecule has 0 atom stereocenters. The van der Waals surface area contributed by atoms with Gasteiger partial charge in [0.05, 0.1) is 0 Å². The Morgan fingerprint density at radius 3 is 2.32 bits per heavy atom. The second-order valence-corrected chi connectivity index (χ2v) is 7.73. The summed E-state index contributed by atoms with van der Waals surface area (Å²) in [6.07, 6.45) is 0. The molecule has 1 amide bonds. The summed E-state index contributed by atoms with van der Waals surface area (Å²) in [5.74, 6) is 0.759. The number of hydrogen-bond donors (Lipinski definition) is 2. The normalized spacial score (nSPS) is 10.6. The lowest BCUT2D eigenvalue weighted by Crippen LogP contribution is -2.06. The summed E-state index contributed by atoms with van der Waals surface area (Å²) < 4.78 is 6.19. The summed E-state index contributed by atoms with van der Waals surface area (Å²) in [7, 11) is 0. The molecule has 0 saturated carbocycles. The highest BCUT2D eigenvalue weighted by Gasteiger charge is 2.10. The van der Waals surface area contributed by atoms with Gasteiger partial charge in [0.1, 0.15) is 12.4 Å². The Balaban J connectivity index is 1.55. The third-order valence-corrected chi connectivity index (χ3v) is 5.23. The first-order valence-electron chi connectivity index (χ1n) is 10.1. The number of carbonyl (C=O) groups excluding carboxylic acids is 1. The van der Waals surface area contributed by atoms with Gasteiger partial charge in [-0.25, -0.2) is 0 Å². The Labute approximate surface area is 186 Å². The number of anilines is 2. The van der Waals surface area contributed by atoms with Crippen LogP contribution in [0.4, 0.5) is 11.4 Å². The van der Waals surface area contributed by atoms with Gasteiger partial charge in [0.15, 0.2) is 0 Å². The molecular weight excluding hydrogens is 408 g/mol. The predicted molar refractivity (Wildman–Crippen MR) is 128 cm³/mol. The number of ether oxygens (including phenoxy) is 1. The summed E-state index contributed by atoms with van der Waals surface area (Å²) in [5, 5.41) is 9.28. The molecule has 0 aliphatic carbocycles. The fourth-order valence-electron chi connectivity index (χ4n) is 3.44. The number of carbonyl (C=O) groups is 1. The summed E-state index contributed by atoms with van der Waals surface area (Å²) in [6.45, 7) is 2.57. The highest BCUT2D eigenvalue weighted by atomic mass is 35.5. The second kappa shape index (κ2) is 9.54. The van der Waals surface area contributed by atoms with E-state index in [4.69, 9.17) is 16.3 Å². The summed E-state index contributed by atoms with van der Waals surface area (Å²) in [6, 6.07) is 27.7. The molecule has 0 unspecified atom stereocenters. The standard InChI is InChI=1S/C26H23ClN2O2/c1-18(30)29-23-13-11-22(12-14-23)28-16-25-24-5-3-2-4-20(24)8-15-26(25)31-17-19-6-9-21(27)10-7-19/h2-15,28H,16-17H2,1H3,(H,29,30). The van der Waals surface area contributed by atoms with Crippen LogP contribution in [0, 0.1) is 0 Å². The molecule has 0 saturated heterocycles. The van der Waals surface area contributed by atoms with E-state index in [2.05, 4.69) is 28.8 Å². The van der Waals surface area contributed by atoms with E-state index >= 15 is 0 Å². The summed E-state index contributed by atoms with van der Waals surface area (Å²) >= 11 is 5.98. The molecule has 0 bridgehead atoms. The van der Waals surface area contributed by atoms with Crippen LogP contribution in [0.3, 0.4) is 0 Å². The minimum absolute atomic E-state index is 0.0843.